The van der Waals surface area contributed by atoms with Gasteiger partial charge in [-0.1, -0.05) is 51.1 Å². The zero-order chi connectivity index (χ0) is 36.3. The molecule has 4 aromatic heterocycles. The van der Waals surface area contributed by atoms with Gasteiger partial charge >= 0.3 is 0 Å². The maximum atomic E-state index is 6.65. The summed E-state index contributed by atoms with van der Waals surface area (Å²) in [5.74, 6) is 2.42. The van der Waals surface area contributed by atoms with E-state index in [9.17, 15) is 0 Å². The topological polar surface area (TPSA) is 59.3 Å². The highest BCUT2D eigenvalue weighted by atomic mass is 16.5. The summed E-state index contributed by atoms with van der Waals surface area (Å²) in [6, 6.07) is 40.1. The van der Waals surface area contributed by atoms with E-state index in [4.69, 9.17) is 9.72 Å². The Morgan fingerprint density at radius 3 is 2.23 bits per heavy atom. The first kappa shape index (κ1) is 32.4. The summed E-state index contributed by atoms with van der Waals surface area (Å²) in [4.78, 5) is 18.7. The molecule has 0 atom stereocenters. The molecule has 5 heterocycles. The van der Waals surface area contributed by atoms with E-state index in [2.05, 4.69) is 156 Å². The number of nitrogens with zero attached hydrogens (tertiary/aromatic N) is 6. The summed E-state index contributed by atoms with van der Waals surface area (Å²) in [5.41, 5.74) is 12.3. The molecule has 0 bridgehead atoms. The van der Waals surface area contributed by atoms with Crippen LogP contribution < -0.4 is 14.5 Å². The Hall–Kier alpha value is -6.47. The lowest BCUT2D eigenvalue weighted by atomic mass is 9.88. The number of fused-ring (bicyclic) bond motifs is 4. The second-order valence-corrected chi connectivity index (χ2v) is 14.8. The molecule has 0 saturated carbocycles. The van der Waals surface area contributed by atoms with Crippen molar-refractivity contribution in [3.05, 3.63) is 157 Å². The van der Waals surface area contributed by atoms with Crippen molar-refractivity contribution in [3.8, 4) is 28.6 Å². The van der Waals surface area contributed by atoms with E-state index < -0.39 is 0 Å². The molecule has 0 spiro atoms. The molecule has 0 unspecified atom stereocenters. The first-order valence-corrected chi connectivity index (χ1v) is 18.0. The normalized spacial score (nSPS) is 12.8. The number of benzene rings is 4. The van der Waals surface area contributed by atoms with Crippen LogP contribution in [0.25, 0.3) is 38.9 Å². The molecule has 1 aliphatic rings. The molecule has 0 amide bonds. The number of rotatable bonds is 6. The van der Waals surface area contributed by atoms with Crippen molar-refractivity contribution in [2.75, 3.05) is 16.5 Å². The fourth-order valence-corrected chi connectivity index (χ4v) is 7.70. The van der Waals surface area contributed by atoms with Gasteiger partial charge in [-0.25, -0.2) is 4.98 Å². The molecule has 260 valence electrons. The minimum absolute atomic E-state index is 0.00149. The van der Waals surface area contributed by atoms with Crippen LogP contribution in [0, 0.1) is 13.8 Å². The fraction of sp³-hybridized carbons (Fsp3) is 0.152. The Balaban J connectivity index is 1.06. The van der Waals surface area contributed by atoms with Gasteiger partial charge in [0.25, 0.3) is 0 Å². The molecule has 7 nitrogen and oxygen atoms in total. The first-order valence-electron chi connectivity index (χ1n) is 18.0. The summed E-state index contributed by atoms with van der Waals surface area (Å²) in [5, 5.41) is 2.34. The smallest absolute Gasteiger partial charge is 0.137 e. The minimum Gasteiger partial charge on any atom is -0.457 e. The van der Waals surface area contributed by atoms with Crippen molar-refractivity contribution in [1.82, 2.24) is 19.5 Å². The molecule has 1 aliphatic heterocycles. The van der Waals surface area contributed by atoms with Crippen LogP contribution in [0.2, 0.25) is 0 Å². The van der Waals surface area contributed by atoms with E-state index in [-0.39, 0.29) is 5.41 Å². The molecule has 0 N–H and O–H groups in total. The monoisotopic (exact) mass is 692 g/mol. The predicted octanol–water partition coefficient (Wildman–Crippen LogP) is 11.6. The van der Waals surface area contributed by atoms with Gasteiger partial charge in [-0.05, 0) is 109 Å². The molecule has 0 fully saturated rings. The van der Waals surface area contributed by atoms with E-state index in [1.165, 1.54) is 27.8 Å². The van der Waals surface area contributed by atoms with Crippen LogP contribution in [0.5, 0.6) is 11.5 Å². The van der Waals surface area contributed by atoms with E-state index in [0.717, 1.165) is 62.1 Å². The predicted molar refractivity (Wildman–Crippen MR) is 216 cm³/mol. The van der Waals surface area contributed by atoms with E-state index in [0.29, 0.717) is 6.67 Å². The van der Waals surface area contributed by atoms with Crippen molar-refractivity contribution in [2.45, 2.75) is 40.0 Å². The lowest BCUT2D eigenvalue weighted by molar-refractivity contribution is 0.483. The Kier molecular flexibility index (Phi) is 7.73. The van der Waals surface area contributed by atoms with E-state index in [1.54, 1.807) is 0 Å². The number of hydrogen-bond donors (Lipinski definition) is 0. The van der Waals surface area contributed by atoms with Crippen LogP contribution >= 0.6 is 0 Å². The number of ether oxygens (including phenoxy) is 1. The van der Waals surface area contributed by atoms with Gasteiger partial charge in [-0.2, -0.15) is 0 Å². The van der Waals surface area contributed by atoms with E-state index in [1.807, 2.05) is 43.0 Å². The number of aryl methyl sites for hydroxylation is 2. The summed E-state index contributed by atoms with van der Waals surface area (Å²) in [7, 11) is 0. The molecule has 0 radical (unpaired) electrons. The van der Waals surface area contributed by atoms with Gasteiger partial charge in [0.1, 0.15) is 24.0 Å². The third kappa shape index (κ3) is 5.75. The Bertz CT molecular complexity index is 2630. The second kappa shape index (κ2) is 12.6. The standard InChI is InChI=1S/C46H40N6O/c1-30-23-32(39-14-8-9-20-48-39)24-31(2)45(30)51-29-50(41-19-21-47-28-43(41)51)34-11-10-12-35(26-34)53-36-16-17-38-37-13-6-7-15-40(37)52(42(38)27-36)44-25-33(18-22-49-44)46(3,4)5/h6-28H,29H2,1-5H3. The molecule has 53 heavy (non-hydrogen) atoms. The summed E-state index contributed by atoms with van der Waals surface area (Å²) in [6.45, 7) is 11.7. The average Bonchev–Trinajstić information content (AvgIpc) is 3.71. The van der Waals surface area contributed by atoms with Crippen molar-refractivity contribution in [2.24, 2.45) is 0 Å². The van der Waals surface area contributed by atoms with Crippen LogP contribution in [-0.4, -0.2) is 26.2 Å². The van der Waals surface area contributed by atoms with Gasteiger partial charge in [0, 0.05) is 58.4 Å². The summed E-state index contributed by atoms with van der Waals surface area (Å²) in [6.07, 6.45) is 7.58. The lowest BCUT2D eigenvalue weighted by Crippen LogP contribution is -2.25. The third-order valence-electron chi connectivity index (χ3n) is 10.2. The molecule has 0 saturated heterocycles. The molecule has 7 heteroatoms. The molecule has 0 aliphatic carbocycles. The Morgan fingerprint density at radius 2 is 1.42 bits per heavy atom. The van der Waals surface area contributed by atoms with Crippen LogP contribution in [0.15, 0.2) is 140 Å². The van der Waals surface area contributed by atoms with Gasteiger partial charge in [0.05, 0.1) is 34.3 Å². The first-order chi connectivity index (χ1) is 25.7. The van der Waals surface area contributed by atoms with Crippen molar-refractivity contribution in [3.63, 3.8) is 0 Å². The van der Waals surface area contributed by atoms with E-state index >= 15 is 0 Å². The lowest BCUT2D eigenvalue weighted by Gasteiger charge is -2.25. The van der Waals surface area contributed by atoms with Crippen molar-refractivity contribution >= 4 is 44.6 Å². The van der Waals surface area contributed by atoms with Crippen LogP contribution in [0.1, 0.15) is 37.5 Å². The Morgan fingerprint density at radius 1 is 0.623 bits per heavy atom. The van der Waals surface area contributed by atoms with Gasteiger partial charge in [-0.3, -0.25) is 14.5 Å². The largest absolute Gasteiger partial charge is 0.457 e. The average molecular weight is 693 g/mol. The number of pyridine rings is 3. The minimum atomic E-state index is 0.00149. The Labute approximate surface area is 309 Å². The SMILES string of the molecule is Cc1cc(-c2ccccn2)cc(C)c1N1CN(c2cccc(Oc3ccc4c5ccccc5n(-c5cc(C(C)(C)C)ccn5)c4c3)c2)c2ccncc21. The number of anilines is 4. The zero-order valence-electron chi connectivity index (χ0n) is 30.6. The van der Waals surface area contributed by atoms with Crippen molar-refractivity contribution in [1.29, 1.82) is 0 Å². The van der Waals surface area contributed by atoms with Crippen LogP contribution in [-0.2, 0) is 5.41 Å². The highest BCUT2D eigenvalue weighted by Gasteiger charge is 2.30. The number of aromatic nitrogens is 4. The fourth-order valence-electron chi connectivity index (χ4n) is 7.70. The molecule has 9 rings (SSSR count). The highest BCUT2D eigenvalue weighted by Crippen LogP contribution is 2.47. The quantitative estimate of drug-likeness (QED) is 0.173. The van der Waals surface area contributed by atoms with Gasteiger partial charge < -0.3 is 14.5 Å². The van der Waals surface area contributed by atoms with Crippen LogP contribution in [0.3, 0.4) is 0 Å². The second-order valence-electron chi connectivity index (χ2n) is 14.8. The molecular formula is C46H40N6O. The third-order valence-corrected chi connectivity index (χ3v) is 10.2. The van der Waals surface area contributed by atoms with Gasteiger partial charge in [-0.15, -0.1) is 0 Å². The maximum absolute atomic E-state index is 6.65. The summed E-state index contributed by atoms with van der Waals surface area (Å²) >= 11 is 0. The number of para-hydroxylation sites is 1. The maximum Gasteiger partial charge on any atom is 0.137 e. The zero-order valence-corrected chi connectivity index (χ0v) is 30.6. The number of hydrogen-bond acceptors (Lipinski definition) is 6. The molecule has 4 aromatic carbocycles. The van der Waals surface area contributed by atoms with Crippen molar-refractivity contribution < 1.29 is 4.74 Å². The van der Waals surface area contributed by atoms with Crippen LogP contribution in [0.4, 0.5) is 22.7 Å². The molecule has 8 aromatic rings. The van der Waals surface area contributed by atoms with Gasteiger partial charge in [0.15, 0.2) is 0 Å². The molecular weight excluding hydrogens is 653 g/mol. The highest BCUT2D eigenvalue weighted by molar-refractivity contribution is 6.09. The summed E-state index contributed by atoms with van der Waals surface area (Å²) < 4.78 is 8.90. The van der Waals surface area contributed by atoms with Gasteiger partial charge in [0.2, 0.25) is 0 Å².